The minimum Gasteiger partial charge on any atom is -0.349 e. The Balaban J connectivity index is 1.84. The molecule has 0 aliphatic rings. The van der Waals surface area contributed by atoms with Crippen molar-refractivity contribution in [1.29, 1.82) is 0 Å². The smallest absolute Gasteiger partial charge is 0.230 e. The van der Waals surface area contributed by atoms with Crippen molar-refractivity contribution < 1.29 is 4.79 Å². The Bertz CT molecular complexity index is 617. The van der Waals surface area contributed by atoms with E-state index < -0.39 is 0 Å². The number of amides is 1. The lowest BCUT2D eigenvalue weighted by atomic mass is 10.1. The number of nitrogens with one attached hydrogen (secondary N) is 1. The molecule has 2 rings (SSSR count). The van der Waals surface area contributed by atoms with E-state index >= 15 is 0 Å². The molecule has 2 aromatic carbocycles. The van der Waals surface area contributed by atoms with Gasteiger partial charge in [0.05, 0.1) is 11.8 Å². The fourth-order valence-corrected chi connectivity index (χ4v) is 3.67. The van der Waals surface area contributed by atoms with E-state index in [1.165, 1.54) is 5.56 Å². The van der Waals surface area contributed by atoms with Gasteiger partial charge in [-0.25, -0.2) is 0 Å². The average Bonchev–Trinajstić information content (AvgIpc) is 2.53. The molecule has 0 heterocycles. The topological polar surface area (TPSA) is 29.1 Å². The fourth-order valence-electron chi connectivity index (χ4n) is 2.21. The highest BCUT2D eigenvalue weighted by atomic mass is 79.9. The van der Waals surface area contributed by atoms with Gasteiger partial charge in [-0.05, 0) is 31.0 Å². The molecule has 0 unspecified atom stereocenters. The number of carbonyl (C=O) groups is 1. The zero-order chi connectivity index (χ0) is 15.9. The van der Waals surface area contributed by atoms with Crippen molar-refractivity contribution >= 4 is 33.6 Å². The van der Waals surface area contributed by atoms with Crippen LogP contribution < -0.4 is 5.32 Å². The summed E-state index contributed by atoms with van der Waals surface area (Å²) < 4.78 is 1.02. The quantitative estimate of drug-likeness (QED) is 0.756. The number of thioether (sulfide) groups is 1. The maximum Gasteiger partial charge on any atom is 0.230 e. The molecule has 0 radical (unpaired) electrons. The first-order chi connectivity index (χ1) is 10.6. The van der Waals surface area contributed by atoms with Crippen LogP contribution >= 0.6 is 27.7 Å². The Morgan fingerprint density at radius 2 is 1.73 bits per heavy atom. The van der Waals surface area contributed by atoms with Crippen molar-refractivity contribution in [3.8, 4) is 0 Å². The van der Waals surface area contributed by atoms with Crippen LogP contribution in [0.4, 0.5) is 0 Å². The molecule has 4 heteroatoms. The van der Waals surface area contributed by atoms with Gasteiger partial charge in [0.2, 0.25) is 5.91 Å². The first-order valence-electron chi connectivity index (χ1n) is 7.28. The number of hydrogen-bond donors (Lipinski definition) is 1. The normalized spacial score (nSPS) is 13.4. The first-order valence-corrected chi connectivity index (χ1v) is 9.12. The molecular weight excluding hydrogens is 358 g/mol. The van der Waals surface area contributed by atoms with Gasteiger partial charge in [-0.1, -0.05) is 64.5 Å². The average molecular weight is 378 g/mol. The van der Waals surface area contributed by atoms with Crippen molar-refractivity contribution in [2.24, 2.45) is 0 Å². The zero-order valence-corrected chi connectivity index (χ0v) is 15.2. The molecule has 0 aliphatic heterocycles. The maximum absolute atomic E-state index is 12.1. The van der Waals surface area contributed by atoms with Crippen LogP contribution in [0.2, 0.25) is 0 Å². The van der Waals surface area contributed by atoms with Crippen molar-refractivity contribution in [3.05, 3.63) is 70.2 Å². The molecule has 1 N–H and O–H groups in total. The molecule has 0 saturated heterocycles. The van der Waals surface area contributed by atoms with Gasteiger partial charge in [-0.2, -0.15) is 0 Å². The van der Waals surface area contributed by atoms with E-state index in [0.29, 0.717) is 11.0 Å². The summed E-state index contributed by atoms with van der Waals surface area (Å²) in [7, 11) is 0. The summed E-state index contributed by atoms with van der Waals surface area (Å²) in [4.78, 5) is 12.1. The molecule has 0 aromatic heterocycles. The zero-order valence-electron chi connectivity index (χ0n) is 12.8. The summed E-state index contributed by atoms with van der Waals surface area (Å²) in [6.07, 6.45) is 0. The summed E-state index contributed by atoms with van der Waals surface area (Å²) in [5.74, 6) is 0.529. The van der Waals surface area contributed by atoms with Crippen LogP contribution in [0.5, 0.6) is 0 Å². The summed E-state index contributed by atoms with van der Waals surface area (Å²) in [5.41, 5.74) is 2.34. The SMILES string of the molecule is C[C@@H](NC(=O)CS[C@H](C)c1ccccc1)c1ccccc1Br. The third-order valence-electron chi connectivity index (χ3n) is 3.48. The van der Waals surface area contributed by atoms with E-state index in [4.69, 9.17) is 0 Å². The van der Waals surface area contributed by atoms with Crippen LogP contribution in [0.15, 0.2) is 59.1 Å². The van der Waals surface area contributed by atoms with E-state index in [2.05, 4.69) is 40.3 Å². The highest BCUT2D eigenvalue weighted by Gasteiger charge is 2.13. The molecule has 0 spiro atoms. The van der Waals surface area contributed by atoms with Gasteiger partial charge in [0, 0.05) is 9.72 Å². The number of benzene rings is 2. The largest absolute Gasteiger partial charge is 0.349 e. The van der Waals surface area contributed by atoms with Crippen LogP contribution in [-0.4, -0.2) is 11.7 Å². The molecule has 2 atom stereocenters. The van der Waals surface area contributed by atoms with Crippen LogP contribution in [0.3, 0.4) is 0 Å². The van der Waals surface area contributed by atoms with E-state index in [-0.39, 0.29) is 11.9 Å². The second-order valence-corrected chi connectivity index (χ2v) is 7.36. The summed E-state index contributed by atoms with van der Waals surface area (Å²) >= 11 is 5.18. The Labute approximate surface area is 144 Å². The van der Waals surface area contributed by atoms with Gasteiger partial charge in [0.15, 0.2) is 0 Å². The van der Waals surface area contributed by atoms with Gasteiger partial charge >= 0.3 is 0 Å². The molecule has 2 aromatic rings. The first kappa shape index (κ1) is 17.1. The third-order valence-corrected chi connectivity index (χ3v) is 5.41. The predicted molar refractivity (Wildman–Crippen MR) is 98.0 cm³/mol. The Kier molecular flexibility index (Phi) is 6.52. The molecule has 116 valence electrons. The van der Waals surface area contributed by atoms with Crippen LogP contribution in [0.1, 0.15) is 36.3 Å². The van der Waals surface area contributed by atoms with Crippen molar-refractivity contribution in [2.45, 2.75) is 25.1 Å². The number of carbonyl (C=O) groups excluding carboxylic acids is 1. The maximum atomic E-state index is 12.1. The molecule has 1 amide bonds. The van der Waals surface area contributed by atoms with E-state index in [1.54, 1.807) is 11.8 Å². The van der Waals surface area contributed by atoms with E-state index in [0.717, 1.165) is 10.0 Å². The minimum absolute atomic E-state index is 0.00398. The summed E-state index contributed by atoms with van der Waals surface area (Å²) in [6.45, 7) is 4.13. The Morgan fingerprint density at radius 1 is 1.09 bits per heavy atom. The lowest BCUT2D eigenvalue weighted by Crippen LogP contribution is -2.28. The third kappa shape index (κ3) is 4.89. The molecule has 0 fully saturated rings. The highest BCUT2D eigenvalue weighted by molar-refractivity contribution is 9.10. The molecular formula is C18H20BrNOS. The van der Waals surface area contributed by atoms with Crippen LogP contribution in [-0.2, 0) is 4.79 Å². The van der Waals surface area contributed by atoms with Gasteiger partial charge in [0.25, 0.3) is 0 Å². The summed E-state index contributed by atoms with van der Waals surface area (Å²) in [6, 6.07) is 18.2. The van der Waals surface area contributed by atoms with Crippen molar-refractivity contribution in [2.75, 3.05) is 5.75 Å². The molecule has 0 aliphatic carbocycles. The van der Waals surface area contributed by atoms with Crippen molar-refractivity contribution in [1.82, 2.24) is 5.32 Å². The number of rotatable bonds is 6. The van der Waals surface area contributed by atoms with Crippen LogP contribution in [0, 0.1) is 0 Å². The van der Waals surface area contributed by atoms with Crippen molar-refractivity contribution in [3.63, 3.8) is 0 Å². The number of halogens is 1. The summed E-state index contributed by atoms with van der Waals surface area (Å²) in [5, 5.41) is 3.36. The monoisotopic (exact) mass is 377 g/mol. The second kappa shape index (κ2) is 8.39. The Hall–Kier alpha value is -1.26. The van der Waals surface area contributed by atoms with Crippen LogP contribution in [0.25, 0.3) is 0 Å². The van der Waals surface area contributed by atoms with Gasteiger partial charge in [-0.15, -0.1) is 11.8 Å². The fraction of sp³-hybridized carbons (Fsp3) is 0.278. The molecule has 22 heavy (non-hydrogen) atoms. The minimum atomic E-state index is -0.00398. The highest BCUT2D eigenvalue weighted by Crippen LogP contribution is 2.28. The number of hydrogen-bond acceptors (Lipinski definition) is 2. The lowest BCUT2D eigenvalue weighted by molar-refractivity contribution is -0.119. The van der Waals surface area contributed by atoms with E-state index in [9.17, 15) is 4.79 Å². The van der Waals surface area contributed by atoms with Gasteiger partial charge in [-0.3, -0.25) is 4.79 Å². The molecule has 0 saturated carbocycles. The van der Waals surface area contributed by atoms with Gasteiger partial charge < -0.3 is 5.32 Å². The standard InChI is InChI=1S/C18H20BrNOS/c1-13(16-10-6-7-11-17(16)19)20-18(21)12-22-14(2)15-8-4-3-5-9-15/h3-11,13-14H,12H2,1-2H3,(H,20,21)/t13-,14-/m1/s1. The molecule has 2 nitrogen and oxygen atoms in total. The predicted octanol–water partition coefficient (Wildman–Crippen LogP) is 5.12. The van der Waals surface area contributed by atoms with Gasteiger partial charge in [0.1, 0.15) is 0 Å². The van der Waals surface area contributed by atoms with E-state index in [1.807, 2.05) is 49.4 Å². The second-order valence-electron chi connectivity index (χ2n) is 5.17. The lowest BCUT2D eigenvalue weighted by Gasteiger charge is -2.17. The molecule has 0 bridgehead atoms. The Morgan fingerprint density at radius 3 is 2.41 bits per heavy atom.